The molecule has 0 amide bonds. The van der Waals surface area contributed by atoms with Crippen LogP contribution in [-0.2, 0) is 11.0 Å². The average molecular weight is 713 g/mol. The van der Waals surface area contributed by atoms with Crippen LogP contribution >= 0.6 is 0 Å². The van der Waals surface area contributed by atoms with Crippen molar-refractivity contribution in [3.63, 3.8) is 0 Å². The number of halogens is 3. The summed E-state index contributed by atoms with van der Waals surface area (Å²) < 4.78 is 50.0. The summed E-state index contributed by atoms with van der Waals surface area (Å²) in [5.41, 5.74) is 1.12. The predicted molar refractivity (Wildman–Crippen MR) is 192 cm³/mol. The molecule has 5 fully saturated rings. The van der Waals surface area contributed by atoms with Crippen LogP contribution in [0, 0.1) is 40.4 Å². The Balaban J connectivity index is 1.01. The highest BCUT2D eigenvalue weighted by Crippen LogP contribution is 2.60. The summed E-state index contributed by atoms with van der Waals surface area (Å²) in [6, 6.07) is 9.39. The van der Waals surface area contributed by atoms with Crippen molar-refractivity contribution in [1.82, 2.24) is 15.3 Å². The molecular formula is C38H55F3N6O2Si. The highest BCUT2D eigenvalue weighted by molar-refractivity contribution is 6.74. The van der Waals surface area contributed by atoms with Crippen molar-refractivity contribution in [2.24, 2.45) is 29.1 Å². The molecule has 5 aliphatic rings. The Bertz CT molecular complexity index is 1500. The lowest BCUT2D eigenvalue weighted by molar-refractivity contribution is -0.153. The van der Waals surface area contributed by atoms with Crippen LogP contribution in [0.25, 0.3) is 0 Å². The number of hydrogen-bond acceptors (Lipinski definition) is 8. The van der Waals surface area contributed by atoms with Crippen LogP contribution in [0.3, 0.4) is 0 Å². The third kappa shape index (κ3) is 8.76. The van der Waals surface area contributed by atoms with Gasteiger partial charge >= 0.3 is 6.18 Å². The number of ether oxygens (including phenoxy) is 1. The topological polar surface area (TPSA) is 104 Å². The fourth-order valence-electron chi connectivity index (χ4n) is 9.17. The molecular weight excluding hydrogens is 658 g/mol. The van der Waals surface area contributed by atoms with Crippen molar-refractivity contribution in [2.75, 3.05) is 30.3 Å². The molecule has 2 aromatic rings. The number of rotatable bonds is 13. The molecule has 5 atom stereocenters. The monoisotopic (exact) mass is 712 g/mol. The molecule has 1 heterocycles. The van der Waals surface area contributed by atoms with Crippen molar-refractivity contribution < 1.29 is 22.3 Å². The lowest BCUT2D eigenvalue weighted by Crippen LogP contribution is -2.60. The number of nitrogens with zero attached hydrogens (tertiary/aromatic N) is 3. The van der Waals surface area contributed by atoms with E-state index >= 15 is 0 Å². The van der Waals surface area contributed by atoms with E-state index in [-0.39, 0.29) is 22.7 Å². The first-order valence-corrected chi connectivity index (χ1v) is 21.5. The van der Waals surface area contributed by atoms with E-state index in [9.17, 15) is 18.4 Å². The van der Waals surface area contributed by atoms with Gasteiger partial charge in [0, 0.05) is 30.8 Å². The molecule has 8 nitrogen and oxygen atoms in total. The summed E-state index contributed by atoms with van der Waals surface area (Å²) in [4.78, 5) is 8.92. The predicted octanol–water partition coefficient (Wildman–Crippen LogP) is 8.68. The molecule has 3 N–H and O–H groups in total. The van der Waals surface area contributed by atoms with Crippen molar-refractivity contribution in [3.05, 3.63) is 41.6 Å². The smallest absolute Gasteiger partial charge is 0.422 e. The summed E-state index contributed by atoms with van der Waals surface area (Å²) in [5.74, 6) is 3.79. The zero-order valence-corrected chi connectivity index (χ0v) is 31.3. The van der Waals surface area contributed by atoms with Gasteiger partial charge in [-0.3, -0.25) is 0 Å². The molecule has 12 heteroatoms. The zero-order chi connectivity index (χ0) is 35.7. The lowest BCUT2D eigenvalue weighted by atomic mass is 9.48. The number of nitrogens with one attached hydrogen (secondary N) is 3. The molecule has 1 aromatic heterocycles. The number of para-hydroxylation sites is 1. The molecule has 5 saturated carbocycles. The van der Waals surface area contributed by atoms with Gasteiger partial charge in [-0.25, -0.2) is 4.98 Å². The lowest BCUT2D eigenvalue weighted by Gasteiger charge is -2.60. The number of benzene rings is 1. The Kier molecular flexibility index (Phi) is 10.8. The maximum Gasteiger partial charge on any atom is 0.422 e. The number of alkyl halides is 3. The SMILES string of the molecule is CC(C)(C)[Si](C)(C)O[C@H]1CC[C@H](CN[C@@H]2[C@@H]3CC4C[C@H]2C[C@@](CNc2nc(NCc5ccccc5OCC(F)(F)F)ncc2C#N)(C4)C3)CC1. The highest BCUT2D eigenvalue weighted by Gasteiger charge is 2.55. The Labute approximate surface area is 296 Å². The van der Waals surface area contributed by atoms with Gasteiger partial charge in [0.05, 0.1) is 6.20 Å². The minimum atomic E-state index is -4.42. The number of anilines is 2. The minimum absolute atomic E-state index is 0.151. The van der Waals surface area contributed by atoms with Gasteiger partial charge in [0.15, 0.2) is 14.9 Å². The molecule has 0 radical (unpaired) electrons. The first-order chi connectivity index (χ1) is 23.6. The molecule has 1 aromatic carbocycles. The van der Waals surface area contributed by atoms with Crippen LogP contribution in [0.4, 0.5) is 24.9 Å². The van der Waals surface area contributed by atoms with Crippen molar-refractivity contribution >= 4 is 20.1 Å². The zero-order valence-electron chi connectivity index (χ0n) is 30.3. The van der Waals surface area contributed by atoms with Gasteiger partial charge in [0.1, 0.15) is 23.2 Å². The molecule has 7 rings (SSSR count). The number of aromatic nitrogens is 2. The first kappa shape index (κ1) is 36.9. The van der Waals surface area contributed by atoms with Crippen LogP contribution in [-0.4, -0.2) is 56.3 Å². The molecule has 4 bridgehead atoms. The van der Waals surface area contributed by atoms with Crippen LogP contribution in [0.15, 0.2) is 30.5 Å². The molecule has 1 unspecified atom stereocenters. The van der Waals surface area contributed by atoms with Crippen molar-refractivity contribution in [1.29, 1.82) is 5.26 Å². The van der Waals surface area contributed by atoms with Gasteiger partial charge in [-0.2, -0.15) is 23.4 Å². The third-order valence-electron chi connectivity index (χ3n) is 12.4. The third-order valence-corrected chi connectivity index (χ3v) is 17.0. The van der Waals surface area contributed by atoms with E-state index in [0.717, 1.165) is 24.9 Å². The van der Waals surface area contributed by atoms with Crippen molar-refractivity contribution in [2.45, 2.75) is 122 Å². The molecule has 50 heavy (non-hydrogen) atoms. The van der Waals surface area contributed by atoms with Crippen LogP contribution in [0.1, 0.15) is 89.7 Å². The molecule has 0 saturated heterocycles. The van der Waals surface area contributed by atoms with E-state index in [1.165, 1.54) is 70.1 Å². The van der Waals surface area contributed by atoms with E-state index in [0.29, 0.717) is 46.9 Å². The van der Waals surface area contributed by atoms with Gasteiger partial charge < -0.3 is 25.1 Å². The number of hydrogen-bond donors (Lipinski definition) is 3. The standard InChI is InChI=1S/C38H55F3N6O2Si/c1-36(2,3)50(4,5)49-31-12-10-25(11-13-31)20-43-33-28-14-26-15-29(33)18-37(16-26,17-28)23-46-34-30(19-42)22-45-35(47-34)44-21-27-8-6-7-9-32(27)48-24-38(39,40)41/h6-9,22,25-26,28-29,31,33,43H,10-18,20-21,23-24H2,1-5H3,(H2,44,45,46,47)/t25-,26?,28-,29+,31-,33-,37-. The Hall–Kier alpha value is -2.88. The Morgan fingerprint density at radius 1 is 1.00 bits per heavy atom. The Morgan fingerprint density at radius 3 is 2.36 bits per heavy atom. The van der Waals surface area contributed by atoms with E-state index in [4.69, 9.17) is 9.16 Å². The summed E-state index contributed by atoms with van der Waals surface area (Å²) in [7, 11) is -1.73. The highest BCUT2D eigenvalue weighted by atomic mass is 28.4. The molecule has 0 spiro atoms. The fraction of sp³-hybridized carbons (Fsp3) is 0.711. The van der Waals surface area contributed by atoms with Gasteiger partial charge in [0.25, 0.3) is 0 Å². The van der Waals surface area contributed by atoms with Gasteiger partial charge in [-0.05, 0) is 118 Å². The van der Waals surface area contributed by atoms with E-state index < -0.39 is 21.1 Å². The summed E-state index contributed by atoms with van der Waals surface area (Å²) in [6.07, 6.45) is 8.56. The van der Waals surface area contributed by atoms with Gasteiger partial charge in [-0.15, -0.1) is 0 Å². The summed E-state index contributed by atoms with van der Waals surface area (Å²) >= 11 is 0. The van der Waals surface area contributed by atoms with E-state index in [1.807, 2.05) is 0 Å². The normalized spacial score (nSPS) is 29.4. The number of nitriles is 1. The molecule has 274 valence electrons. The van der Waals surface area contributed by atoms with Crippen LogP contribution < -0.4 is 20.7 Å². The average Bonchev–Trinajstić information content (AvgIpc) is 3.05. The molecule has 5 aliphatic carbocycles. The quantitative estimate of drug-likeness (QED) is 0.177. The van der Waals surface area contributed by atoms with E-state index in [1.54, 1.807) is 18.2 Å². The maximum atomic E-state index is 12.7. The molecule has 0 aliphatic heterocycles. The fourth-order valence-corrected chi connectivity index (χ4v) is 10.6. The summed E-state index contributed by atoms with van der Waals surface area (Å²) in [6.45, 7) is 12.4. The van der Waals surface area contributed by atoms with Gasteiger partial charge in [-0.1, -0.05) is 39.0 Å². The summed E-state index contributed by atoms with van der Waals surface area (Å²) in [5, 5.41) is 20.8. The Morgan fingerprint density at radius 2 is 1.70 bits per heavy atom. The first-order valence-electron chi connectivity index (χ1n) is 18.6. The van der Waals surface area contributed by atoms with Crippen molar-refractivity contribution in [3.8, 4) is 11.8 Å². The van der Waals surface area contributed by atoms with Crippen LogP contribution in [0.5, 0.6) is 5.75 Å². The maximum absolute atomic E-state index is 12.7. The van der Waals surface area contributed by atoms with E-state index in [2.05, 4.69) is 65.9 Å². The van der Waals surface area contributed by atoms with Gasteiger partial charge in [0.2, 0.25) is 5.95 Å². The second kappa shape index (κ2) is 14.6. The second-order valence-corrected chi connectivity index (χ2v) is 22.0. The second-order valence-electron chi connectivity index (χ2n) is 17.2. The minimum Gasteiger partial charge on any atom is -0.484 e. The largest absolute Gasteiger partial charge is 0.484 e. The van der Waals surface area contributed by atoms with Crippen LogP contribution in [0.2, 0.25) is 18.1 Å².